The number of carbonyl (C=O) groups excluding carboxylic acids is 2. The van der Waals surface area contributed by atoms with Crippen molar-refractivity contribution >= 4 is 31.9 Å². The van der Waals surface area contributed by atoms with Gasteiger partial charge in [0.05, 0.1) is 17.2 Å². The molecule has 134 valence electrons. The number of aliphatic hydroxyl groups excluding tert-OH is 1. The van der Waals surface area contributed by atoms with Crippen molar-refractivity contribution in [2.24, 2.45) is 0 Å². The van der Waals surface area contributed by atoms with Crippen LogP contribution in [-0.4, -0.2) is 33.0 Å². The fraction of sp³-hybridized carbons (Fsp3) is 0.250. The van der Waals surface area contributed by atoms with Crippen molar-refractivity contribution in [1.82, 2.24) is 0 Å². The normalized spacial score (nSPS) is 13.9. The van der Waals surface area contributed by atoms with Crippen molar-refractivity contribution in [3.8, 4) is 11.5 Å². The molecule has 0 aliphatic heterocycles. The van der Waals surface area contributed by atoms with Crippen molar-refractivity contribution in [1.29, 1.82) is 0 Å². The van der Waals surface area contributed by atoms with Gasteiger partial charge in [-0.15, -0.1) is 0 Å². The third-order valence-corrected chi connectivity index (χ3v) is 3.29. The third-order valence-electron chi connectivity index (χ3n) is 3.29. The Hall–Kier alpha value is -0.335. The summed E-state index contributed by atoms with van der Waals surface area (Å²) < 4.78 is 0. The molecule has 9 heteroatoms. The summed E-state index contributed by atoms with van der Waals surface area (Å²) in [5.74, 6) is -2.01. The zero-order valence-electron chi connectivity index (χ0n) is 13.5. The molecular formula is C16H16Cl3LaO5. The number of phenols is 2. The molecule has 0 fully saturated rings. The molecule has 0 bridgehead atoms. The minimum absolute atomic E-state index is 0.0779. The number of benzene rings is 1. The van der Waals surface area contributed by atoms with Crippen LogP contribution in [0.15, 0.2) is 35.4 Å². The van der Waals surface area contributed by atoms with Gasteiger partial charge in [0, 0.05) is 5.57 Å². The molecule has 25 heavy (non-hydrogen) atoms. The van der Waals surface area contributed by atoms with Gasteiger partial charge in [0.1, 0.15) is 11.5 Å². The number of halogens is 3. The summed E-state index contributed by atoms with van der Waals surface area (Å²) in [4.78, 5) is 24.4. The molecule has 0 spiro atoms. The van der Waals surface area contributed by atoms with Gasteiger partial charge in [-0.3, -0.25) is 9.59 Å². The van der Waals surface area contributed by atoms with Gasteiger partial charge >= 0.3 is 46.0 Å². The van der Waals surface area contributed by atoms with Crippen LogP contribution < -0.4 is 0 Å². The number of allylic oxidation sites excluding steroid dienone is 2. The Balaban J connectivity index is 0.000000705. The maximum atomic E-state index is 12.3. The number of hydrogen-bond donors (Lipinski definition) is 3. The Bertz CT molecular complexity index is 737. The Morgan fingerprint density at radius 2 is 1.60 bits per heavy atom. The van der Waals surface area contributed by atoms with E-state index in [1.807, 2.05) is 13.8 Å². The van der Waals surface area contributed by atoms with Crippen LogP contribution in [0.5, 0.6) is 11.5 Å². The number of fused-ring (bicyclic) bond motifs is 1. The number of rotatable bonds is 3. The summed E-state index contributed by atoms with van der Waals surface area (Å²) in [6, 6.07) is 2.29. The molecule has 1 aromatic rings. The molecule has 0 saturated carbocycles. The van der Waals surface area contributed by atoms with Crippen LogP contribution in [0.25, 0.3) is 0 Å². The van der Waals surface area contributed by atoms with E-state index < -0.39 is 43.3 Å². The van der Waals surface area contributed by atoms with Gasteiger partial charge in [-0.2, -0.15) is 0 Å². The first-order valence-corrected chi connectivity index (χ1v) is 20.8. The van der Waals surface area contributed by atoms with E-state index in [9.17, 15) is 24.9 Å². The Morgan fingerprint density at radius 3 is 2.08 bits per heavy atom. The van der Waals surface area contributed by atoms with Gasteiger partial charge in [0.2, 0.25) is 0 Å². The fourth-order valence-corrected chi connectivity index (χ4v) is 2.21. The van der Waals surface area contributed by atoms with E-state index in [0.717, 1.165) is 23.8 Å². The standard InChI is InChI=1S/C16H16O5.3ClH.La/c1-8(2)3-4-10(17)9-7-13(20)14-11(18)5-6-12(19)15(14)16(9)21;;;;/h3,5-7,10,17-19H,4H2,1-2H3;3*1H;/q;;;;+3/p-3/t10-;;;;/m1..../s1. The monoisotopic (exact) mass is 532 g/mol. The molecule has 1 aromatic carbocycles. The first-order chi connectivity index (χ1) is 11.6. The van der Waals surface area contributed by atoms with Crippen molar-refractivity contribution < 1.29 is 50.6 Å². The number of aliphatic hydroxyl groups is 1. The maximum absolute atomic E-state index is 12.3. The van der Waals surface area contributed by atoms with Crippen molar-refractivity contribution in [3.05, 3.63) is 46.6 Å². The van der Waals surface area contributed by atoms with Crippen LogP contribution in [-0.2, 0) is 0 Å². The summed E-state index contributed by atoms with van der Waals surface area (Å²) in [6.45, 7) is 18.8. The van der Waals surface area contributed by atoms with Gasteiger partial charge in [-0.25, -0.2) is 0 Å². The van der Waals surface area contributed by atoms with E-state index >= 15 is 0 Å². The molecule has 1 atom stereocenters. The topological polar surface area (TPSA) is 94.8 Å². The first kappa shape index (κ1) is 22.7. The minimum atomic E-state index is -2.31. The fourth-order valence-electron chi connectivity index (χ4n) is 2.21. The number of phenolic OH excluding ortho intramolecular Hbond substituents is 2. The summed E-state index contributed by atoms with van der Waals surface area (Å²) in [5.41, 5.74) is 0.419. The van der Waals surface area contributed by atoms with Crippen LogP contribution in [0.4, 0.5) is 0 Å². The van der Waals surface area contributed by atoms with Crippen LogP contribution in [0.3, 0.4) is 0 Å². The van der Waals surface area contributed by atoms with Crippen molar-refractivity contribution in [2.75, 3.05) is 0 Å². The van der Waals surface area contributed by atoms with Gasteiger partial charge < -0.3 is 15.3 Å². The first-order valence-electron chi connectivity index (χ1n) is 7.15. The average Bonchev–Trinajstić information content (AvgIpc) is 2.50. The summed E-state index contributed by atoms with van der Waals surface area (Å²) >= 11 is -2.31. The van der Waals surface area contributed by atoms with Crippen LogP contribution in [0.2, 0.25) is 0 Å². The Kier molecular flexibility index (Phi) is 9.19. The van der Waals surface area contributed by atoms with Gasteiger partial charge in [-0.05, 0) is 38.5 Å². The molecule has 0 radical (unpaired) electrons. The molecule has 0 amide bonds. The van der Waals surface area contributed by atoms with Gasteiger partial charge in [0.15, 0.2) is 11.6 Å². The summed E-state index contributed by atoms with van der Waals surface area (Å²) in [6.07, 6.45) is 1.84. The van der Waals surface area contributed by atoms with E-state index in [0.29, 0.717) is 0 Å². The molecule has 2 rings (SSSR count). The number of hydrogen-bond acceptors (Lipinski definition) is 5. The van der Waals surface area contributed by atoms with Crippen LogP contribution >= 0.6 is 20.4 Å². The van der Waals surface area contributed by atoms with E-state index in [-0.39, 0.29) is 34.6 Å². The molecule has 3 N–H and O–H groups in total. The van der Waals surface area contributed by atoms with Crippen LogP contribution in [0, 0.1) is 25.7 Å². The van der Waals surface area contributed by atoms with E-state index in [4.69, 9.17) is 20.4 Å². The second-order valence-electron chi connectivity index (χ2n) is 5.43. The summed E-state index contributed by atoms with van der Waals surface area (Å²) in [5, 5.41) is 29.5. The molecule has 5 nitrogen and oxygen atoms in total. The SMILES string of the molecule is CC(C)=CC[C@@H](O)C1=CC(=O)c2c(O)ccc(O)c2C1=O.[Cl][La]([Cl])[Cl]. The number of Topliss-reactive ketones (excluding diaryl/α,β-unsaturated/α-hetero) is 1. The quantitative estimate of drug-likeness (QED) is 0.400. The van der Waals surface area contributed by atoms with Crippen molar-refractivity contribution in [2.45, 2.75) is 26.4 Å². The van der Waals surface area contributed by atoms with Gasteiger partial charge in [-0.1, -0.05) is 11.6 Å². The third kappa shape index (κ3) is 6.40. The summed E-state index contributed by atoms with van der Waals surface area (Å²) in [7, 11) is 0. The van der Waals surface area contributed by atoms with Crippen molar-refractivity contribution in [3.63, 3.8) is 0 Å². The predicted molar refractivity (Wildman–Crippen MR) is 94.1 cm³/mol. The Labute approximate surface area is 165 Å². The molecule has 0 saturated heterocycles. The second kappa shape index (κ2) is 10.1. The van der Waals surface area contributed by atoms with Gasteiger partial charge in [0.25, 0.3) is 0 Å². The van der Waals surface area contributed by atoms with E-state index in [1.54, 1.807) is 6.08 Å². The average molecular weight is 534 g/mol. The Morgan fingerprint density at radius 1 is 1.12 bits per heavy atom. The zero-order chi connectivity index (χ0) is 19.3. The molecule has 1 aliphatic rings. The predicted octanol–water partition coefficient (Wildman–Crippen LogP) is 4.19. The zero-order valence-corrected chi connectivity index (χ0v) is 19.4. The number of aromatic hydroxyl groups is 2. The second-order valence-corrected chi connectivity index (χ2v) is 21.4. The number of carbonyl (C=O) groups is 2. The molecule has 0 unspecified atom stereocenters. The molecule has 1 aliphatic carbocycles. The van der Waals surface area contributed by atoms with E-state index in [2.05, 4.69) is 0 Å². The molecule has 0 aromatic heterocycles. The van der Waals surface area contributed by atoms with Crippen LogP contribution in [0.1, 0.15) is 41.0 Å². The number of ketones is 2. The molecular weight excluding hydrogens is 517 g/mol. The van der Waals surface area contributed by atoms with E-state index in [1.165, 1.54) is 0 Å². The molecule has 0 heterocycles.